The van der Waals surface area contributed by atoms with Crippen molar-refractivity contribution in [2.45, 2.75) is 6.92 Å². The van der Waals surface area contributed by atoms with Crippen molar-refractivity contribution in [3.63, 3.8) is 0 Å². The summed E-state index contributed by atoms with van der Waals surface area (Å²) in [5.74, 6) is 0.283. The lowest BCUT2D eigenvalue weighted by Crippen LogP contribution is -2.36. The van der Waals surface area contributed by atoms with Crippen LogP contribution >= 0.6 is 0 Å². The van der Waals surface area contributed by atoms with Gasteiger partial charge in [0.1, 0.15) is 0 Å². The smallest absolute Gasteiger partial charge is 0.338 e. The molecule has 3 rings (SSSR count). The number of ether oxygens (including phenoxy) is 5. The highest BCUT2D eigenvalue weighted by Gasteiger charge is 2.21. The Labute approximate surface area is 187 Å². The molecule has 1 aliphatic rings. The predicted molar refractivity (Wildman–Crippen MR) is 119 cm³/mol. The second-order valence-electron chi connectivity index (χ2n) is 6.92. The van der Waals surface area contributed by atoms with E-state index in [4.69, 9.17) is 23.7 Å². The minimum absolute atomic E-state index is 0.261. The van der Waals surface area contributed by atoms with Crippen LogP contribution in [0.15, 0.2) is 30.3 Å². The number of benzene rings is 2. The Morgan fingerprint density at radius 2 is 1.62 bits per heavy atom. The fourth-order valence-corrected chi connectivity index (χ4v) is 3.46. The highest BCUT2D eigenvalue weighted by atomic mass is 16.5. The molecule has 0 radical (unpaired) electrons. The molecular formula is C23H28N2O7. The highest BCUT2D eigenvalue weighted by molar-refractivity contribution is 6.07. The van der Waals surface area contributed by atoms with Gasteiger partial charge in [-0.15, -0.1) is 0 Å². The fraction of sp³-hybridized carbons (Fsp3) is 0.391. The molecule has 172 valence electrons. The number of anilines is 2. The van der Waals surface area contributed by atoms with E-state index in [0.29, 0.717) is 60.4 Å². The summed E-state index contributed by atoms with van der Waals surface area (Å²) in [6.07, 6.45) is 0. The van der Waals surface area contributed by atoms with Gasteiger partial charge in [-0.3, -0.25) is 4.79 Å². The summed E-state index contributed by atoms with van der Waals surface area (Å²) < 4.78 is 26.6. The largest absolute Gasteiger partial charge is 0.493 e. The van der Waals surface area contributed by atoms with Crippen molar-refractivity contribution in [3.8, 4) is 17.2 Å². The van der Waals surface area contributed by atoms with Crippen LogP contribution in [0.4, 0.5) is 11.4 Å². The molecule has 0 aromatic heterocycles. The third-order valence-corrected chi connectivity index (χ3v) is 5.03. The Kier molecular flexibility index (Phi) is 7.77. The summed E-state index contributed by atoms with van der Waals surface area (Å²) in [7, 11) is 4.46. The van der Waals surface area contributed by atoms with Gasteiger partial charge in [-0.25, -0.2) is 4.79 Å². The van der Waals surface area contributed by atoms with E-state index in [0.717, 1.165) is 5.69 Å². The van der Waals surface area contributed by atoms with Crippen LogP contribution in [0.3, 0.4) is 0 Å². The van der Waals surface area contributed by atoms with Crippen molar-refractivity contribution in [2.24, 2.45) is 0 Å². The summed E-state index contributed by atoms with van der Waals surface area (Å²) in [6, 6.07) is 8.26. The first-order chi connectivity index (χ1) is 15.5. The number of rotatable bonds is 8. The van der Waals surface area contributed by atoms with E-state index in [2.05, 4.69) is 10.2 Å². The minimum atomic E-state index is -0.454. The molecule has 1 aliphatic heterocycles. The molecule has 0 aliphatic carbocycles. The summed E-state index contributed by atoms with van der Waals surface area (Å²) >= 11 is 0. The lowest BCUT2D eigenvalue weighted by Gasteiger charge is -2.30. The van der Waals surface area contributed by atoms with Gasteiger partial charge in [0.05, 0.1) is 58.1 Å². The van der Waals surface area contributed by atoms with E-state index in [-0.39, 0.29) is 12.5 Å². The lowest BCUT2D eigenvalue weighted by atomic mass is 10.1. The predicted octanol–water partition coefficient (Wildman–Crippen LogP) is 2.98. The lowest BCUT2D eigenvalue weighted by molar-refractivity contribution is 0.0526. The van der Waals surface area contributed by atoms with E-state index in [1.807, 2.05) is 6.07 Å². The van der Waals surface area contributed by atoms with E-state index >= 15 is 0 Å². The van der Waals surface area contributed by atoms with E-state index in [1.165, 1.54) is 21.3 Å². The molecular weight excluding hydrogens is 416 g/mol. The summed E-state index contributed by atoms with van der Waals surface area (Å²) in [5.41, 5.74) is 1.95. The first-order valence-electron chi connectivity index (χ1n) is 10.3. The first-order valence-corrected chi connectivity index (χ1v) is 10.3. The number of carbonyl (C=O) groups is 2. The molecule has 0 unspecified atom stereocenters. The number of carbonyl (C=O) groups excluding carboxylic acids is 2. The molecule has 1 amide bonds. The van der Waals surface area contributed by atoms with E-state index in [1.54, 1.807) is 31.2 Å². The van der Waals surface area contributed by atoms with Crippen molar-refractivity contribution in [1.29, 1.82) is 0 Å². The van der Waals surface area contributed by atoms with Gasteiger partial charge in [-0.05, 0) is 37.3 Å². The van der Waals surface area contributed by atoms with E-state index in [9.17, 15) is 9.59 Å². The Balaban J connectivity index is 1.97. The number of morpholine rings is 1. The normalized spacial score (nSPS) is 13.3. The maximum atomic E-state index is 13.2. The fourth-order valence-electron chi connectivity index (χ4n) is 3.46. The quantitative estimate of drug-likeness (QED) is 0.621. The van der Waals surface area contributed by atoms with Gasteiger partial charge in [-0.1, -0.05) is 0 Å². The average Bonchev–Trinajstić information content (AvgIpc) is 2.83. The first kappa shape index (κ1) is 23.2. The number of hydrogen-bond acceptors (Lipinski definition) is 8. The second-order valence-corrected chi connectivity index (χ2v) is 6.92. The molecule has 32 heavy (non-hydrogen) atoms. The standard InChI is InChI=1S/C23H28N2O7/c1-5-32-23(27)15-6-7-18(25-8-10-31-11-9-25)17(12-15)24-22(26)16-13-19(28-2)21(30-4)20(14-16)29-3/h6-7,12-14H,5,8-11H2,1-4H3,(H,24,26). The Hall–Kier alpha value is -3.46. The zero-order chi connectivity index (χ0) is 23.1. The molecule has 9 heteroatoms. The summed E-state index contributed by atoms with van der Waals surface area (Å²) in [6.45, 7) is 4.52. The highest BCUT2D eigenvalue weighted by Crippen LogP contribution is 2.38. The van der Waals surface area contributed by atoms with Gasteiger partial charge in [-0.2, -0.15) is 0 Å². The van der Waals surface area contributed by atoms with Crippen LogP contribution in [-0.4, -0.2) is 66.1 Å². The molecule has 0 spiro atoms. The summed E-state index contributed by atoms with van der Waals surface area (Å²) in [4.78, 5) is 27.5. The molecule has 0 saturated carbocycles. The van der Waals surface area contributed by atoms with Crippen LogP contribution in [0, 0.1) is 0 Å². The van der Waals surface area contributed by atoms with Crippen LogP contribution in [-0.2, 0) is 9.47 Å². The number of methoxy groups -OCH3 is 3. The zero-order valence-electron chi connectivity index (χ0n) is 18.7. The van der Waals surface area contributed by atoms with Gasteiger partial charge < -0.3 is 33.9 Å². The van der Waals surface area contributed by atoms with Crippen molar-refractivity contribution >= 4 is 23.3 Å². The molecule has 1 fully saturated rings. The third-order valence-electron chi connectivity index (χ3n) is 5.03. The van der Waals surface area contributed by atoms with Crippen LogP contribution in [0.5, 0.6) is 17.2 Å². The van der Waals surface area contributed by atoms with Crippen molar-refractivity contribution in [1.82, 2.24) is 0 Å². The van der Waals surface area contributed by atoms with Crippen LogP contribution in [0.2, 0.25) is 0 Å². The monoisotopic (exact) mass is 444 g/mol. The Morgan fingerprint density at radius 1 is 0.969 bits per heavy atom. The van der Waals surface area contributed by atoms with E-state index < -0.39 is 5.97 Å². The minimum Gasteiger partial charge on any atom is -0.493 e. The second kappa shape index (κ2) is 10.7. The topological polar surface area (TPSA) is 95.6 Å². The van der Waals surface area contributed by atoms with Crippen LogP contribution < -0.4 is 24.4 Å². The SMILES string of the molecule is CCOC(=O)c1ccc(N2CCOCC2)c(NC(=O)c2cc(OC)c(OC)c(OC)c2)c1. The molecule has 1 N–H and O–H groups in total. The molecule has 1 heterocycles. The Bertz CT molecular complexity index is 946. The maximum absolute atomic E-state index is 13.2. The van der Waals surface area contributed by atoms with Crippen LogP contribution in [0.1, 0.15) is 27.6 Å². The maximum Gasteiger partial charge on any atom is 0.338 e. The zero-order valence-corrected chi connectivity index (χ0v) is 18.7. The van der Waals surface area contributed by atoms with Crippen molar-refractivity contribution < 1.29 is 33.3 Å². The number of nitrogens with zero attached hydrogens (tertiary/aromatic N) is 1. The van der Waals surface area contributed by atoms with Crippen molar-refractivity contribution in [2.75, 3.05) is 64.5 Å². The summed E-state index contributed by atoms with van der Waals surface area (Å²) in [5, 5.41) is 2.92. The number of hydrogen-bond donors (Lipinski definition) is 1. The molecule has 9 nitrogen and oxygen atoms in total. The average molecular weight is 444 g/mol. The molecule has 2 aromatic rings. The van der Waals surface area contributed by atoms with Crippen molar-refractivity contribution in [3.05, 3.63) is 41.5 Å². The molecule has 2 aromatic carbocycles. The van der Waals surface area contributed by atoms with Crippen LogP contribution in [0.25, 0.3) is 0 Å². The molecule has 1 saturated heterocycles. The third kappa shape index (κ3) is 5.05. The number of esters is 1. The number of nitrogens with one attached hydrogen (secondary N) is 1. The van der Waals surface area contributed by atoms with Gasteiger partial charge in [0, 0.05) is 18.7 Å². The molecule has 0 atom stereocenters. The Morgan fingerprint density at radius 3 is 2.19 bits per heavy atom. The van der Waals surface area contributed by atoms with Gasteiger partial charge >= 0.3 is 5.97 Å². The van der Waals surface area contributed by atoms with Gasteiger partial charge in [0.2, 0.25) is 5.75 Å². The number of amides is 1. The van der Waals surface area contributed by atoms with Gasteiger partial charge in [0.25, 0.3) is 5.91 Å². The molecule has 0 bridgehead atoms. The van der Waals surface area contributed by atoms with Gasteiger partial charge in [0.15, 0.2) is 11.5 Å².